The third-order valence-electron chi connectivity index (χ3n) is 5.10. The van der Waals surface area contributed by atoms with E-state index in [0.717, 1.165) is 0 Å². The van der Waals surface area contributed by atoms with Crippen LogP contribution in [0, 0.1) is 6.92 Å². The minimum absolute atomic E-state index is 0.517. The Morgan fingerprint density at radius 2 is 1.75 bits per heavy atom. The fraction of sp³-hybridized carbons (Fsp3) is 0.286. The molecule has 0 spiro atoms. The Kier molecular flexibility index (Phi) is 3.27. The lowest BCUT2D eigenvalue weighted by Crippen LogP contribution is -2.32. The Balaban J connectivity index is 2.26. The maximum absolute atomic E-state index is 2.41. The molecule has 0 aliphatic rings. The molecule has 2 aromatic heterocycles. The standard InChI is InChI=1S/C21H24N3/c1-14(2)16-10-11-18-17-8-6-7-9-19(17)24(20(18)15(16)3)21-22(4)12-13-23(21)5/h6-14H,1-5H3/q+1. The molecule has 122 valence electrons. The summed E-state index contributed by atoms with van der Waals surface area (Å²) in [6.07, 6.45) is 4.22. The van der Waals surface area contributed by atoms with E-state index in [9.17, 15) is 0 Å². The maximum Gasteiger partial charge on any atom is 0.369 e. The van der Waals surface area contributed by atoms with Crippen LogP contribution in [-0.4, -0.2) is 9.13 Å². The SMILES string of the molecule is Cc1c(C(C)C)ccc2c3ccccc3n(-c3n(C)cc[n+]3C)c12. The predicted molar refractivity (Wildman–Crippen MR) is 99.8 cm³/mol. The second kappa shape index (κ2) is 5.23. The van der Waals surface area contributed by atoms with Gasteiger partial charge in [0.15, 0.2) is 0 Å². The van der Waals surface area contributed by atoms with Crippen molar-refractivity contribution < 1.29 is 4.57 Å². The average Bonchev–Trinajstić information content (AvgIpc) is 3.05. The highest BCUT2D eigenvalue weighted by Gasteiger charge is 2.24. The molecule has 0 N–H and O–H groups in total. The lowest BCUT2D eigenvalue weighted by molar-refractivity contribution is -0.664. The van der Waals surface area contributed by atoms with Crippen LogP contribution in [0.15, 0.2) is 48.8 Å². The van der Waals surface area contributed by atoms with Crippen LogP contribution in [0.4, 0.5) is 0 Å². The van der Waals surface area contributed by atoms with E-state index >= 15 is 0 Å². The lowest BCUT2D eigenvalue weighted by Gasteiger charge is -2.11. The number of rotatable bonds is 2. The van der Waals surface area contributed by atoms with Crippen molar-refractivity contribution in [1.29, 1.82) is 0 Å². The zero-order chi connectivity index (χ0) is 17.0. The van der Waals surface area contributed by atoms with E-state index in [1.165, 1.54) is 38.9 Å². The molecule has 0 aliphatic heterocycles. The summed E-state index contributed by atoms with van der Waals surface area (Å²) >= 11 is 0. The van der Waals surface area contributed by atoms with Crippen molar-refractivity contribution in [3.8, 4) is 5.95 Å². The number of para-hydroxylation sites is 1. The zero-order valence-corrected chi connectivity index (χ0v) is 15.0. The van der Waals surface area contributed by atoms with Gasteiger partial charge in [0.25, 0.3) is 0 Å². The smallest absolute Gasteiger partial charge is 0.237 e. The van der Waals surface area contributed by atoms with Gasteiger partial charge in [-0.1, -0.05) is 44.2 Å². The summed E-state index contributed by atoms with van der Waals surface area (Å²) in [5, 5.41) is 2.64. The van der Waals surface area contributed by atoms with Gasteiger partial charge >= 0.3 is 5.95 Å². The number of imidazole rings is 1. The average molecular weight is 318 g/mol. The van der Waals surface area contributed by atoms with Crippen molar-refractivity contribution in [2.75, 3.05) is 0 Å². The molecule has 2 heterocycles. The van der Waals surface area contributed by atoms with E-state index in [4.69, 9.17) is 0 Å². The Labute approximate surface area is 142 Å². The predicted octanol–water partition coefficient (Wildman–Crippen LogP) is 4.38. The molecule has 3 heteroatoms. The minimum Gasteiger partial charge on any atom is -0.237 e. The number of nitrogens with zero attached hydrogens (tertiary/aromatic N) is 3. The molecule has 0 unspecified atom stereocenters. The van der Waals surface area contributed by atoms with E-state index < -0.39 is 0 Å². The van der Waals surface area contributed by atoms with E-state index in [1.54, 1.807) is 0 Å². The summed E-state index contributed by atoms with van der Waals surface area (Å²) < 4.78 is 6.78. The van der Waals surface area contributed by atoms with Crippen LogP contribution in [0.3, 0.4) is 0 Å². The Morgan fingerprint density at radius 1 is 1.00 bits per heavy atom. The molecule has 4 aromatic rings. The van der Waals surface area contributed by atoms with Gasteiger partial charge in [0.1, 0.15) is 11.0 Å². The largest absolute Gasteiger partial charge is 0.369 e. The second-order valence-corrected chi connectivity index (χ2v) is 7.00. The molecule has 0 saturated carbocycles. The van der Waals surface area contributed by atoms with E-state index in [-0.39, 0.29) is 0 Å². The molecule has 2 aromatic carbocycles. The normalized spacial score (nSPS) is 11.9. The number of fused-ring (bicyclic) bond motifs is 3. The third-order valence-corrected chi connectivity index (χ3v) is 5.10. The topological polar surface area (TPSA) is 13.7 Å². The fourth-order valence-corrected chi connectivity index (χ4v) is 3.97. The molecule has 24 heavy (non-hydrogen) atoms. The van der Waals surface area contributed by atoms with Gasteiger partial charge in [-0.3, -0.25) is 0 Å². The van der Waals surface area contributed by atoms with E-state index in [1.807, 2.05) is 0 Å². The van der Waals surface area contributed by atoms with Crippen molar-refractivity contribution in [2.45, 2.75) is 26.7 Å². The summed E-state index contributed by atoms with van der Waals surface area (Å²) in [4.78, 5) is 0. The van der Waals surface area contributed by atoms with E-state index in [2.05, 4.69) is 97.4 Å². The van der Waals surface area contributed by atoms with Gasteiger partial charge < -0.3 is 0 Å². The van der Waals surface area contributed by atoms with Gasteiger partial charge in [0, 0.05) is 10.8 Å². The highest BCUT2D eigenvalue weighted by atomic mass is 15.3. The number of aryl methyl sites for hydroxylation is 3. The summed E-state index contributed by atoms with van der Waals surface area (Å²) in [7, 11) is 4.22. The number of hydrogen-bond donors (Lipinski definition) is 0. The van der Waals surface area contributed by atoms with Crippen molar-refractivity contribution in [3.63, 3.8) is 0 Å². The van der Waals surface area contributed by atoms with Gasteiger partial charge in [0.05, 0.1) is 26.5 Å². The van der Waals surface area contributed by atoms with Crippen molar-refractivity contribution in [2.24, 2.45) is 14.1 Å². The Bertz CT molecular complexity index is 1040. The molecular formula is C21H24N3+. The summed E-state index contributed by atoms with van der Waals surface area (Å²) in [5.74, 6) is 1.69. The molecule has 0 amide bonds. The first-order valence-corrected chi connectivity index (χ1v) is 8.54. The summed E-state index contributed by atoms with van der Waals surface area (Å²) in [5.41, 5.74) is 5.37. The number of benzene rings is 2. The van der Waals surface area contributed by atoms with Crippen molar-refractivity contribution in [3.05, 3.63) is 59.9 Å². The third kappa shape index (κ3) is 1.94. The monoisotopic (exact) mass is 318 g/mol. The van der Waals surface area contributed by atoms with Crippen LogP contribution in [0.5, 0.6) is 0 Å². The van der Waals surface area contributed by atoms with Crippen LogP contribution in [0.2, 0.25) is 0 Å². The first kappa shape index (κ1) is 15.0. The van der Waals surface area contributed by atoms with Gasteiger partial charge in [0.2, 0.25) is 0 Å². The highest BCUT2D eigenvalue weighted by molar-refractivity contribution is 6.10. The summed E-state index contributed by atoms with van der Waals surface area (Å²) in [6, 6.07) is 13.3. The zero-order valence-electron chi connectivity index (χ0n) is 15.0. The molecule has 0 bridgehead atoms. The second-order valence-electron chi connectivity index (χ2n) is 7.00. The Hall–Kier alpha value is -2.55. The first-order valence-electron chi connectivity index (χ1n) is 8.54. The molecule has 0 atom stereocenters. The molecule has 4 rings (SSSR count). The molecule has 0 radical (unpaired) electrons. The molecule has 0 fully saturated rings. The number of hydrogen-bond acceptors (Lipinski definition) is 0. The van der Waals surface area contributed by atoms with Gasteiger partial charge in [-0.2, -0.15) is 4.57 Å². The molecule has 0 aliphatic carbocycles. The summed E-state index contributed by atoms with van der Waals surface area (Å²) in [6.45, 7) is 6.79. The first-order chi connectivity index (χ1) is 11.5. The minimum atomic E-state index is 0.517. The molecule has 0 saturated heterocycles. The van der Waals surface area contributed by atoms with Crippen LogP contribution >= 0.6 is 0 Å². The number of aromatic nitrogens is 3. The molecular weight excluding hydrogens is 294 g/mol. The van der Waals surface area contributed by atoms with Crippen LogP contribution in [-0.2, 0) is 14.1 Å². The van der Waals surface area contributed by atoms with E-state index in [0.29, 0.717) is 5.92 Å². The maximum atomic E-state index is 2.41. The fourth-order valence-electron chi connectivity index (χ4n) is 3.97. The lowest BCUT2D eigenvalue weighted by atomic mass is 9.96. The van der Waals surface area contributed by atoms with Gasteiger partial charge in [-0.15, -0.1) is 0 Å². The van der Waals surface area contributed by atoms with Crippen molar-refractivity contribution in [1.82, 2.24) is 9.13 Å². The van der Waals surface area contributed by atoms with Crippen LogP contribution < -0.4 is 4.57 Å². The van der Waals surface area contributed by atoms with Gasteiger partial charge in [-0.05, 0) is 30.0 Å². The highest BCUT2D eigenvalue weighted by Crippen LogP contribution is 2.35. The Morgan fingerprint density at radius 3 is 2.42 bits per heavy atom. The molecule has 3 nitrogen and oxygen atoms in total. The van der Waals surface area contributed by atoms with Gasteiger partial charge in [-0.25, -0.2) is 9.13 Å². The quantitative estimate of drug-likeness (QED) is 0.487. The van der Waals surface area contributed by atoms with Crippen LogP contribution in [0.1, 0.15) is 30.9 Å². The van der Waals surface area contributed by atoms with Crippen LogP contribution in [0.25, 0.3) is 27.8 Å². The van der Waals surface area contributed by atoms with Crippen molar-refractivity contribution >= 4 is 21.8 Å².